The van der Waals surface area contributed by atoms with Crippen molar-refractivity contribution in [1.29, 1.82) is 0 Å². The van der Waals surface area contributed by atoms with Crippen molar-refractivity contribution in [1.82, 2.24) is 20.1 Å². The summed E-state index contributed by atoms with van der Waals surface area (Å²) < 4.78 is 1.70. The zero-order chi connectivity index (χ0) is 16.1. The molecule has 0 unspecified atom stereocenters. The molecular formula is C16H17N5OS. The van der Waals surface area contributed by atoms with E-state index in [1.165, 1.54) is 16.9 Å². The van der Waals surface area contributed by atoms with E-state index in [2.05, 4.69) is 32.8 Å². The Hall–Kier alpha value is -2.67. The van der Waals surface area contributed by atoms with Gasteiger partial charge in [-0.15, -0.1) is 11.3 Å². The van der Waals surface area contributed by atoms with Crippen LogP contribution in [0.25, 0.3) is 0 Å². The summed E-state index contributed by atoms with van der Waals surface area (Å²) in [4.78, 5) is 16.3. The molecule has 0 aliphatic heterocycles. The van der Waals surface area contributed by atoms with Gasteiger partial charge in [-0.2, -0.15) is 5.10 Å². The van der Waals surface area contributed by atoms with Gasteiger partial charge < -0.3 is 5.32 Å². The standard InChI is InChI=1S/C16H17N5OS/c1-21-10-13(9-18-21)8-17-15(22)20-16-19-14(11-23-16)7-12-5-3-2-4-6-12/h2-6,9-11H,7-8H2,1H3,(H2,17,19,20,22). The highest BCUT2D eigenvalue weighted by Gasteiger charge is 2.07. The summed E-state index contributed by atoms with van der Waals surface area (Å²) in [5.74, 6) is 0. The van der Waals surface area contributed by atoms with E-state index in [0.29, 0.717) is 11.7 Å². The monoisotopic (exact) mass is 327 g/mol. The minimum absolute atomic E-state index is 0.269. The highest BCUT2D eigenvalue weighted by Crippen LogP contribution is 2.18. The summed E-state index contributed by atoms with van der Waals surface area (Å²) in [6.07, 6.45) is 4.35. The molecule has 0 fully saturated rings. The van der Waals surface area contributed by atoms with Crippen LogP contribution in [0.4, 0.5) is 9.93 Å². The molecule has 3 aromatic rings. The number of carbonyl (C=O) groups is 1. The minimum Gasteiger partial charge on any atom is -0.334 e. The lowest BCUT2D eigenvalue weighted by atomic mass is 10.1. The van der Waals surface area contributed by atoms with Gasteiger partial charge in [0.1, 0.15) is 0 Å². The zero-order valence-electron chi connectivity index (χ0n) is 12.7. The summed E-state index contributed by atoms with van der Waals surface area (Å²) in [6.45, 7) is 0.432. The molecule has 0 spiro atoms. The van der Waals surface area contributed by atoms with Crippen LogP contribution in [0.5, 0.6) is 0 Å². The van der Waals surface area contributed by atoms with Crippen molar-refractivity contribution in [3.05, 3.63) is 64.9 Å². The van der Waals surface area contributed by atoms with Gasteiger partial charge in [-0.25, -0.2) is 9.78 Å². The van der Waals surface area contributed by atoms with Crippen molar-refractivity contribution in [2.24, 2.45) is 7.05 Å². The molecule has 2 amide bonds. The largest absolute Gasteiger partial charge is 0.334 e. The molecule has 0 aliphatic carbocycles. The van der Waals surface area contributed by atoms with Crippen molar-refractivity contribution >= 4 is 22.5 Å². The SMILES string of the molecule is Cn1cc(CNC(=O)Nc2nc(Cc3ccccc3)cs2)cn1. The number of nitrogens with one attached hydrogen (secondary N) is 2. The van der Waals surface area contributed by atoms with Crippen LogP contribution in [0.3, 0.4) is 0 Å². The number of benzene rings is 1. The van der Waals surface area contributed by atoms with Crippen LogP contribution in [0.15, 0.2) is 48.1 Å². The average Bonchev–Trinajstić information content (AvgIpc) is 3.15. The number of thiazole rings is 1. The van der Waals surface area contributed by atoms with E-state index < -0.39 is 0 Å². The minimum atomic E-state index is -0.269. The molecule has 0 aliphatic rings. The Morgan fingerprint density at radius 3 is 2.83 bits per heavy atom. The number of aromatic nitrogens is 3. The number of nitrogens with zero attached hydrogens (tertiary/aromatic N) is 3. The molecular weight excluding hydrogens is 310 g/mol. The lowest BCUT2D eigenvalue weighted by Crippen LogP contribution is -2.28. The molecule has 2 heterocycles. The Bertz CT molecular complexity index is 781. The highest BCUT2D eigenvalue weighted by molar-refractivity contribution is 7.13. The van der Waals surface area contributed by atoms with E-state index in [4.69, 9.17) is 0 Å². The number of rotatable bonds is 5. The Morgan fingerprint density at radius 1 is 1.26 bits per heavy atom. The molecule has 0 radical (unpaired) electrons. The first-order valence-electron chi connectivity index (χ1n) is 7.20. The van der Waals surface area contributed by atoms with Gasteiger partial charge in [-0.05, 0) is 5.56 Å². The first-order chi connectivity index (χ1) is 11.2. The number of hydrogen-bond donors (Lipinski definition) is 2. The normalized spacial score (nSPS) is 10.5. The zero-order valence-corrected chi connectivity index (χ0v) is 13.5. The lowest BCUT2D eigenvalue weighted by molar-refractivity contribution is 0.251. The van der Waals surface area contributed by atoms with Gasteiger partial charge in [0.15, 0.2) is 5.13 Å². The predicted octanol–water partition coefficient (Wildman–Crippen LogP) is 2.79. The van der Waals surface area contributed by atoms with E-state index in [1.807, 2.05) is 36.8 Å². The maximum absolute atomic E-state index is 11.9. The van der Waals surface area contributed by atoms with Crippen LogP contribution in [0.1, 0.15) is 16.8 Å². The number of hydrogen-bond acceptors (Lipinski definition) is 4. The summed E-state index contributed by atoms with van der Waals surface area (Å²) in [6, 6.07) is 9.86. The molecule has 0 saturated heterocycles. The Kier molecular flexibility index (Phi) is 4.68. The van der Waals surface area contributed by atoms with Crippen molar-refractivity contribution in [3.8, 4) is 0 Å². The van der Waals surface area contributed by atoms with E-state index >= 15 is 0 Å². The smallest absolute Gasteiger partial charge is 0.321 e. The van der Waals surface area contributed by atoms with E-state index in [9.17, 15) is 4.79 Å². The molecule has 0 atom stereocenters. The fraction of sp³-hybridized carbons (Fsp3) is 0.188. The van der Waals surface area contributed by atoms with Crippen molar-refractivity contribution in [3.63, 3.8) is 0 Å². The van der Waals surface area contributed by atoms with Gasteiger partial charge in [-0.1, -0.05) is 30.3 Å². The third-order valence-corrected chi connectivity index (χ3v) is 4.02. The van der Waals surface area contributed by atoms with E-state index in [-0.39, 0.29) is 6.03 Å². The van der Waals surface area contributed by atoms with Crippen molar-refractivity contribution in [2.75, 3.05) is 5.32 Å². The molecule has 3 rings (SSSR count). The summed E-state index contributed by atoms with van der Waals surface area (Å²) in [7, 11) is 1.84. The number of amides is 2. The molecule has 6 nitrogen and oxygen atoms in total. The van der Waals surface area contributed by atoms with Crippen LogP contribution in [-0.2, 0) is 20.0 Å². The van der Waals surface area contributed by atoms with Gasteiger partial charge in [0.2, 0.25) is 0 Å². The third-order valence-electron chi connectivity index (χ3n) is 3.21. The van der Waals surface area contributed by atoms with Gasteiger partial charge in [-0.3, -0.25) is 10.00 Å². The first-order valence-corrected chi connectivity index (χ1v) is 8.08. The summed E-state index contributed by atoms with van der Waals surface area (Å²) in [5.41, 5.74) is 3.10. The predicted molar refractivity (Wildman–Crippen MR) is 90.4 cm³/mol. The van der Waals surface area contributed by atoms with Crippen LogP contribution < -0.4 is 10.6 Å². The average molecular weight is 327 g/mol. The van der Waals surface area contributed by atoms with Crippen LogP contribution in [0.2, 0.25) is 0 Å². The molecule has 118 valence electrons. The summed E-state index contributed by atoms with van der Waals surface area (Å²) in [5, 5.41) is 12.2. The third kappa shape index (κ3) is 4.40. The summed E-state index contributed by atoms with van der Waals surface area (Å²) >= 11 is 1.42. The second-order valence-electron chi connectivity index (χ2n) is 5.14. The molecule has 2 aromatic heterocycles. The highest BCUT2D eigenvalue weighted by atomic mass is 32.1. The Labute approximate surface area is 138 Å². The topological polar surface area (TPSA) is 71.8 Å². The fourth-order valence-corrected chi connectivity index (χ4v) is 2.84. The van der Waals surface area contributed by atoms with Gasteiger partial charge in [0.05, 0.1) is 11.9 Å². The van der Waals surface area contributed by atoms with Gasteiger partial charge in [0.25, 0.3) is 0 Å². The van der Waals surface area contributed by atoms with Crippen molar-refractivity contribution in [2.45, 2.75) is 13.0 Å². The molecule has 0 saturated carbocycles. The second-order valence-corrected chi connectivity index (χ2v) is 5.99. The number of urea groups is 1. The molecule has 1 aromatic carbocycles. The Balaban J connectivity index is 1.51. The molecule has 0 bridgehead atoms. The van der Waals surface area contributed by atoms with Crippen LogP contribution in [-0.4, -0.2) is 20.8 Å². The van der Waals surface area contributed by atoms with Crippen molar-refractivity contribution < 1.29 is 4.79 Å². The molecule has 23 heavy (non-hydrogen) atoms. The van der Waals surface area contributed by atoms with E-state index in [0.717, 1.165) is 17.7 Å². The van der Waals surface area contributed by atoms with Gasteiger partial charge >= 0.3 is 6.03 Å². The maximum atomic E-state index is 11.9. The Morgan fingerprint density at radius 2 is 2.09 bits per heavy atom. The van der Waals surface area contributed by atoms with Gasteiger partial charge in [0, 0.05) is 37.2 Å². The second kappa shape index (κ2) is 7.06. The fourth-order valence-electron chi connectivity index (χ4n) is 2.14. The number of anilines is 1. The quantitative estimate of drug-likeness (QED) is 0.757. The van der Waals surface area contributed by atoms with E-state index in [1.54, 1.807) is 10.9 Å². The number of aryl methyl sites for hydroxylation is 1. The first kappa shape index (κ1) is 15.2. The van der Waals surface area contributed by atoms with Crippen LogP contribution >= 0.6 is 11.3 Å². The molecule has 7 heteroatoms. The lowest BCUT2D eigenvalue weighted by Gasteiger charge is -2.03. The number of carbonyl (C=O) groups excluding carboxylic acids is 1. The molecule has 2 N–H and O–H groups in total. The van der Waals surface area contributed by atoms with Crippen LogP contribution in [0, 0.1) is 0 Å². The maximum Gasteiger partial charge on any atom is 0.321 e.